The third-order valence-corrected chi connectivity index (χ3v) is 5.15. The number of thiazole rings is 1. The molecular weight excluding hydrogens is 294 g/mol. The highest BCUT2D eigenvalue weighted by atomic mass is 32.1. The number of aliphatic imine (C=N–C) groups is 1. The number of rotatable bonds is 2. The summed E-state index contributed by atoms with van der Waals surface area (Å²) in [7, 11) is 0. The summed E-state index contributed by atoms with van der Waals surface area (Å²) in [5.74, 6) is 0.121. The summed E-state index contributed by atoms with van der Waals surface area (Å²) in [6.45, 7) is 2.07. The number of piperidine rings is 1. The van der Waals surface area contributed by atoms with Crippen LogP contribution in [0.4, 0.5) is 10.8 Å². The first-order valence-corrected chi connectivity index (χ1v) is 8.43. The van der Waals surface area contributed by atoms with Crippen molar-refractivity contribution in [2.24, 2.45) is 4.99 Å². The molecule has 0 unspecified atom stereocenters. The van der Waals surface area contributed by atoms with Crippen LogP contribution in [0.25, 0.3) is 11.6 Å². The Labute approximate surface area is 133 Å². The van der Waals surface area contributed by atoms with Crippen molar-refractivity contribution in [3.63, 3.8) is 0 Å². The molecule has 112 valence electrons. The van der Waals surface area contributed by atoms with Gasteiger partial charge < -0.3 is 10.0 Å². The highest BCUT2D eigenvalue weighted by molar-refractivity contribution is 7.16. The number of aromatic hydroxyl groups is 1. The molecule has 0 aliphatic carbocycles. The maximum Gasteiger partial charge on any atom is 0.231 e. The average molecular weight is 311 g/mol. The molecule has 1 aromatic carbocycles. The predicted molar refractivity (Wildman–Crippen MR) is 92.3 cm³/mol. The van der Waals surface area contributed by atoms with Gasteiger partial charge in [0.2, 0.25) is 5.88 Å². The van der Waals surface area contributed by atoms with Gasteiger partial charge in [-0.15, -0.1) is 0 Å². The number of hydrogen-bond acceptors (Lipinski definition) is 5. The molecule has 1 N–H and O–H groups in total. The number of aromatic nitrogens is 1. The molecule has 2 aromatic rings. The number of nitrogens with zero attached hydrogens (tertiary/aromatic N) is 3. The summed E-state index contributed by atoms with van der Waals surface area (Å²) < 4.78 is 0. The first-order valence-electron chi connectivity index (χ1n) is 7.61. The molecule has 0 radical (unpaired) electrons. The van der Waals surface area contributed by atoms with E-state index in [1.54, 1.807) is 11.3 Å². The van der Waals surface area contributed by atoms with E-state index in [1.807, 2.05) is 30.5 Å². The fraction of sp³-hybridized carbons (Fsp3) is 0.294. The molecule has 4 nitrogen and oxygen atoms in total. The van der Waals surface area contributed by atoms with Crippen LogP contribution in [0.5, 0.6) is 5.88 Å². The van der Waals surface area contributed by atoms with E-state index in [2.05, 4.69) is 20.9 Å². The standard InChI is InChI=1S/C17H17N3OS/c21-16-15(22-17(19-16)20-8-4-1-5-9-20)10-12-11-18-14-7-3-2-6-13(12)14/h2-3,6-7,10-11,21H,1,4-5,8-9H2/b12-10-. The van der Waals surface area contributed by atoms with Gasteiger partial charge in [-0.1, -0.05) is 29.5 Å². The van der Waals surface area contributed by atoms with Crippen LogP contribution in [0.2, 0.25) is 0 Å². The van der Waals surface area contributed by atoms with Crippen LogP contribution < -0.4 is 4.90 Å². The SMILES string of the molecule is Oc1nc(N2CCCCC2)sc1/C=C1/C=Nc2ccccc21. The third kappa shape index (κ3) is 2.41. The Morgan fingerprint density at radius 1 is 1.14 bits per heavy atom. The van der Waals surface area contributed by atoms with Crippen molar-refractivity contribution in [3.05, 3.63) is 34.7 Å². The molecule has 3 heterocycles. The Kier molecular flexibility index (Phi) is 3.42. The van der Waals surface area contributed by atoms with Gasteiger partial charge in [-0.3, -0.25) is 4.99 Å². The monoisotopic (exact) mass is 311 g/mol. The summed E-state index contributed by atoms with van der Waals surface area (Å²) in [6, 6.07) is 8.04. The molecule has 22 heavy (non-hydrogen) atoms. The van der Waals surface area contributed by atoms with Gasteiger partial charge in [-0.2, -0.15) is 4.98 Å². The van der Waals surface area contributed by atoms with E-state index in [-0.39, 0.29) is 5.88 Å². The zero-order valence-corrected chi connectivity index (χ0v) is 13.0. The van der Waals surface area contributed by atoms with Gasteiger partial charge in [-0.25, -0.2) is 0 Å². The summed E-state index contributed by atoms with van der Waals surface area (Å²) in [5.41, 5.74) is 3.11. The van der Waals surface area contributed by atoms with Crippen molar-refractivity contribution in [1.82, 2.24) is 4.98 Å². The first-order chi connectivity index (χ1) is 10.8. The van der Waals surface area contributed by atoms with Crippen LogP contribution in [-0.4, -0.2) is 29.4 Å². The van der Waals surface area contributed by atoms with E-state index >= 15 is 0 Å². The Bertz CT molecular complexity index is 757. The largest absolute Gasteiger partial charge is 0.492 e. The van der Waals surface area contributed by atoms with Gasteiger partial charge >= 0.3 is 0 Å². The lowest BCUT2D eigenvalue weighted by molar-refractivity contribution is 0.455. The number of hydrogen-bond donors (Lipinski definition) is 1. The molecule has 2 aliphatic heterocycles. The third-order valence-electron chi connectivity index (χ3n) is 4.09. The van der Waals surface area contributed by atoms with Gasteiger partial charge in [0, 0.05) is 30.4 Å². The lowest BCUT2D eigenvalue weighted by atomic mass is 10.1. The lowest BCUT2D eigenvalue weighted by Gasteiger charge is -2.25. The normalized spacial score (nSPS) is 18.9. The Morgan fingerprint density at radius 3 is 2.82 bits per heavy atom. The van der Waals surface area contributed by atoms with Crippen molar-refractivity contribution in [1.29, 1.82) is 0 Å². The topological polar surface area (TPSA) is 48.7 Å². The van der Waals surface area contributed by atoms with Crippen molar-refractivity contribution >= 4 is 40.0 Å². The summed E-state index contributed by atoms with van der Waals surface area (Å²) in [6.07, 6.45) is 7.53. The van der Waals surface area contributed by atoms with Gasteiger partial charge in [0.25, 0.3) is 0 Å². The molecule has 0 amide bonds. The van der Waals surface area contributed by atoms with Crippen LogP contribution in [0, 0.1) is 0 Å². The minimum atomic E-state index is 0.121. The molecule has 0 atom stereocenters. The molecule has 1 aromatic heterocycles. The zero-order chi connectivity index (χ0) is 14.9. The first kappa shape index (κ1) is 13.5. The van der Waals surface area contributed by atoms with E-state index in [0.29, 0.717) is 0 Å². The minimum absolute atomic E-state index is 0.121. The molecule has 5 heteroatoms. The quantitative estimate of drug-likeness (QED) is 0.908. The summed E-state index contributed by atoms with van der Waals surface area (Å²) in [4.78, 5) is 11.8. The van der Waals surface area contributed by atoms with Crippen LogP contribution in [0.1, 0.15) is 29.7 Å². The van der Waals surface area contributed by atoms with E-state index < -0.39 is 0 Å². The summed E-state index contributed by atoms with van der Waals surface area (Å²) in [5, 5.41) is 11.1. The Balaban J connectivity index is 1.65. The zero-order valence-electron chi connectivity index (χ0n) is 12.2. The van der Waals surface area contributed by atoms with Crippen LogP contribution >= 0.6 is 11.3 Å². The smallest absolute Gasteiger partial charge is 0.231 e. The molecule has 1 saturated heterocycles. The number of fused-ring (bicyclic) bond motifs is 1. The Hall–Kier alpha value is -2.14. The second kappa shape index (κ2) is 5.57. The van der Waals surface area contributed by atoms with Gasteiger partial charge in [0.15, 0.2) is 5.13 Å². The van der Waals surface area contributed by atoms with Crippen LogP contribution in [0.15, 0.2) is 29.3 Å². The van der Waals surface area contributed by atoms with Gasteiger partial charge in [0.05, 0.1) is 10.6 Å². The molecule has 0 spiro atoms. The van der Waals surface area contributed by atoms with E-state index in [4.69, 9.17) is 0 Å². The van der Waals surface area contributed by atoms with Crippen molar-refractivity contribution in [3.8, 4) is 5.88 Å². The number of anilines is 1. The van der Waals surface area contributed by atoms with Crippen LogP contribution in [0.3, 0.4) is 0 Å². The highest BCUT2D eigenvalue weighted by Gasteiger charge is 2.18. The second-order valence-corrected chi connectivity index (χ2v) is 6.62. The number of benzene rings is 1. The Morgan fingerprint density at radius 2 is 1.95 bits per heavy atom. The fourth-order valence-corrected chi connectivity index (χ4v) is 3.89. The molecular formula is C17H17N3OS. The van der Waals surface area contributed by atoms with Gasteiger partial charge in [0.1, 0.15) is 0 Å². The number of para-hydroxylation sites is 1. The van der Waals surface area contributed by atoms with Crippen LogP contribution in [-0.2, 0) is 0 Å². The van der Waals surface area contributed by atoms with E-state index in [1.165, 1.54) is 19.3 Å². The van der Waals surface area contributed by atoms with Crippen molar-refractivity contribution < 1.29 is 5.11 Å². The van der Waals surface area contributed by atoms with E-state index in [9.17, 15) is 5.11 Å². The molecule has 0 saturated carbocycles. The molecule has 1 fully saturated rings. The predicted octanol–water partition coefficient (Wildman–Crippen LogP) is 4.10. The molecule has 4 rings (SSSR count). The maximum atomic E-state index is 10.2. The molecule has 2 aliphatic rings. The number of allylic oxidation sites excluding steroid dienone is 1. The van der Waals surface area contributed by atoms with Crippen molar-refractivity contribution in [2.45, 2.75) is 19.3 Å². The van der Waals surface area contributed by atoms with E-state index in [0.717, 1.165) is 39.9 Å². The van der Waals surface area contributed by atoms with Gasteiger partial charge in [-0.05, 0) is 31.4 Å². The molecule has 0 bridgehead atoms. The van der Waals surface area contributed by atoms with Crippen molar-refractivity contribution in [2.75, 3.05) is 18.0 Å². The summed E-state index contributed by atoms with van der Waals surface area (Å²) >= 11 is 1.55. The fourth-order valence-electron chi connectivity index (χ4n) is 2.92. The lowest BCUT2D eigenvalue weighted by Crippen LogP contribution is -2.29. The second-order valence-electron chi connectivity index (χ2n) is 5.61. The maximum absolute atomic E-state index is 10.2. The average Bonchev–Trinajstić information content (AvgIpc) is 3.13. The minimum Gasteiger partial charge on any atom is -0.492 e. The highest BCUT2D eigenvalue weighted by Crippen LogP contribution is 2.37.